The summed E-state index contributed by atoms with van der Waals surface area (Å²) in [4.78, 5) is 27.3. The van der Waals surface area contributed by atoms with Gasteiger partial charge in [-0.1, -0.05) is 12.1 Å². The lowest BCUT2D eigenvalue weighted by Crippen LogP contribution is -2.45. The van der Waals surface area contributed by atoms with Crippen LogP contribution in [0.2, 0.25) is 0 Å². The van der Waals surface area contributed by atoms with Crippen LogP contribution in [-0.4, -0.2) is 77.4 Å². The second kappa shape index (κ2) is 12.2. The number of ether oxygens (including phenoxy) is 4. The van der Waals surface area contributed by atoms with Crippen LogP contribution in [0.3, 0.4) is 0 Å². The van der Waals surface area contributed by atoms with Gasteiger partial charge in [-0.3, -0.25) is 14.5 Å². The number of rotatable bonds is 10. The molecule has 1 fully saturated rings. The first-order valence-corrected chi connectivity index (χ1v) is 10.9. The lowest BCUT2D eigenvalue weighted by Gasteiger charge is -2.35. The lowest BCUT2D eigenvalue weighted by molar-refractivity contribution is -0.120. The van der Waals surface area contributed by atoms with E-state index in [0.29, 0.717) is 43.6 Å². The van der Waals surface area contributed by atoms with E-state index >= 15 is 0 Å². The molecule has 0 aromatic heterocycles. The normalized spacial score (nSPS) is 14.7. The Morgan fingerprint density at radius 2 is 1.71 bits per heavy atom. The van der Waals surface area contributed by atoms with Gasteiger partial charge in [0.25, 0.3) is 5.91 Å². The van der Waals surface area contributed by atoms with Crippen molar-refractivity contribution in [3.8, 4) is 17.2 Å². The number of nitrogens with zero attached hydrogens (tertiary/aromatic N) is 1. The van der Waals surface area contributed by atoms with Crippen LogP contribution >= 0.6 is 0 Å². The third-order valence-corrected chi connectivity index (χ3v) is 5.55. The Morgan fingerprint density at radius 3 is 2.29 bits per heavy atom. The zero-order chi connectivity index (χ0) is 24.5. The summed E-state index contributed by atoms with van der Waals surface area (Å²) in [5, 5.41) is 5.43. The Bertz CT molecular complexity index is 971. The summed E-state index contributed by atoms with van der Waals surface area (Å²) >= 11 is 0. The number of methoxy groups -OCH3 is 3. The van der Waals surface area contributed by atoms with Crippen molar-refractivity contribution in [1.29, 1.82) is 0 Å². The number of carbonyl (C=O) groups is 2. The molecule has 0 saturated carbocycles. The topological polar surface area (TPSA) is 98.4 Å². The monoisotopic (exact) mass is 475 g/mol. The van der Waals surface area contributed by atoms with Crippen molar-refractivity contribution in [1.82, 2.24) is 15.5 Å². The molecule has 3 rings (SSSR count). The van der Waals surface area contributed by atoms with Crippen LogP contribution in [0.4, 0.5) is 4.39 Å². The molecule has 0 bridgehead atoms. The molecule has 184 valence electrons. The smallest absolute Gasteiger partial charge is 0.251 e. The molecular weight excluding hydrogens is 445 g/mol. The fourth-order valence-electron chi connectivity index (χ4n) is 3.81. The van der Waals surface area contributed by atoms with Crippen LogP contribution in [0.15, 0.2) is 36.4 Å². The van der Waals surface area contributed by atoms with Gasteiger partial charge in [0.1, 0.15) is 5.82 Å². The molecule has 0 spiro atoms. The first kappa shape index (κ1) is 25.3. The molecule has 0 aliphatic carbocycles. The molecule has 1 unspecified atom stereocenters. The Hall–Kier alpha value is -3.37. The van der Waals surface area contributed by atoms with Crippen LogP contribution in [0.5, 0.6) is 17.2 Å². The predicted molar refractivity (Wildman–Crippen MR) is 123 cm³/mol. The van der Waals surface area contributed by atoms with Crippen molar-refractivity contribution in [2.45, 2.75) is 6.04 Å². The van der Waals surface area contributed by atoms with Gasteiger partial charge in [0, 0.05) is 25.2 Å². The van der Waals surface area contributed by atoms with E-state index in [9.17, 15) is 14.0 Å². The molecule has 1 aliphatic rings. The summed E-state index contributed by atoms with van der Waals surface area (Å²) in [6.07, 6.45) is 0. The third kappa shape index (κ3) is 6.36. The van der Waals surface area contributed by atoms with E-state index in [-0.39, 0.29) is 36.4 Å². The zero-order valence-electron chi connectivity index (χ0n) is 19.6. The van der Waals surface area contributed by atoms with E-state index < -0.39 is 5.91 Å². The van der Waals surface area contributed by atoms with Crippen molar-refractivity contribution in [2.75, 3.05) is 60.7 Å². The second-order valence-electron chi connectivity index (χ2n) is 7.62. The van der Waals surface area contributed by atoms with Gasteiger partial charge in [0.15, 0.2) is 11.5 Å². The van der Waals surface area contributed by atoms with E-state index in [1.54, 1.807) is 6.07 Å². The van der Waals surface area contributed by atoms with Crippen LogP contribution in [0.25, 0.3) is 0 Å². The number of carbonyl (C=O) groups excluding carboxylic acids is 2. The van der Waals surface area contributed by atoms with Gasteiger partial charge >= 0.3 is 0 Å². The summed E-state index contributed by atoms with van der Waals surface area (Å²) in [5.74, 6) is -0.134. The number of amides is 2. The average molecular weight is 476 g/mol. The van der Waals surface area contributed by atoms with E-state index in [1.807, 2.05) is 6.07 Å². The van der Waals surface area contributed by atoms with Crippen LogP contribution in [0, 0.1) is 5.82 Å². The molecule has 1 saturated heterocycles. The van der Waals surface area contributed by atoms with E-state index in [0.717, 1.165) is 5.56 Å². The Balaban J connectivity index is 1.61. The molecule has 1 aliphatic heterocycles. The maximum Gasteiger partial charge on any atom is 0.251 e. The summed E-state index contributed by atoms with van der Waals surface area (Å²) < 4.78 is 35.0. The highest BCUT2D eigenvalue weighted by atomic mass is 19.1. The SMILES string of the molecule is COc1cc(C(=O)NCC(=O)NCC(c2cccc(F)c2)N2CCOCC2)cc(OC)c1OC. The summed E-state index contributed by atoms with van der Waals surface area (Å²) in [7, 11) is 4.38. The van der Waals surface area contributed by atoms with Crippen LogP contribution < -0.4 is 24.8 Å². The minimum absolute atomic E-state index is 0.214. The molecule has 2 aromatic rings. The molecule has 10 heteroatoms. The van der Waals surface area contributed by atoms with Crippen molar-refractivity contribution in [3.05, 3.63) is 53.3 Å². The Labute approximate surface area is 198 Å². The minimum Gasteiger partial charge on any atom is -0.493 e. The van der Waals surface area contributed by atoms with Crippen LogP contribution in [0.1, 0.15) is 22.0 Å². The number of morpholine rings is 1. The number of halogens is 1. The van der Waals surface area contributed by atoms with Gasteiger partial charge < -0.3 is 29.6 Å². The van der Waals surface area contributed by atoms with E-state index in [1.165, 1.54) is 45.6 Å². The summed E-state index contributed by atoms with van der Waals surface area (Å²) in [6.45, 7) is 2.54. The van der Waals surface area contributed by atoms with Crippen molar-refractivity contribution in [2.24, 2.45) is 0 Å². The van der Waals surface area contributed by atoms with Gasteiger partial charge in [-0.15, -0.1) is 0 Å². The van der Waals surface area contributed by atoms with Gasteiger partial charge in [-0.05, 0) is 29.8 Å². The number of nitrogens with one attached hydrogen (secondary N) is 2. The molecule has 2 aromatic carbocycles. The standard InChI is InChI=1S/C24H30FN3O6/c1-31-20-12-17(13-21(32-2)23(20)33-3)24(30)27-15-22(29)26-14-19(28-7-9-34-10-8-28)16-5-4-6-18(25)11-16/h4-6,11-13,19H,7-10,14-15H2,1-3H3,(H,26,29)(H,27,30). The molecule has 34 heavy (non-hydrogen) atoms. The molecular formula is C24H30FN3O6. The van der Waals surface area contributed by atoms with Gasteiger partial charge in [-0.2, -0.15) is 0 Å². The predicted octanol–water partition coefficient (Wildman–Crippen LogP) is 1.77. The van der Waals surface area contributed by atoms with Crippen molar-refractivity contribution >= 4 is 11.8 Å². The van der Waals surface area contributed by atoms with E-state index in [4.69, 9.17) is 18.9 Å². The quantitative estimate of drug-likeness (QED) is 0.541. The van der Waals surface area contributed by atoms with E-state index in [2.05, 4.69) is 15.5 Å². The third-order valence-electron chi connectivity index (χ3n) is 5.55. The highest BCUT2D eigenvalue weighted by molar-refractivity contribution is 5.97. The number of benzene rings is 2. The van der Waals surface area contributed by atoms with Gasteiger partial charge in [0.2, 0.25) is 11.7 Å². The maximum absolute atomic E-state index is 13.8. The average Bonchev–Trinajstić information content (AvgIpc) is 2.87. The van der Waals surface area contributed by atoms with Gasteiger partial charge in [0.05, 0.1) is 47.1 Å². The fraction of sp³-hybridized carbons (Fsp3) is 0.417. The fourth-order valence-corrected chi connectivity index (χ4v) is 3.81. The van der Waals surface area contributed by atoms with Crippen molar-refractivity contribution in [3.63, 3.8) is 0 Å². The van der Waals surface area contributed by atoms with Crippen molar-refractivity contribution < 1.29 is 32.9 Å². The lowest BCUT2D eigenvalue weighted by atomic mass is 10.0. The summed E-state index contributed by atoms with van der Waals surface area (Å²) in [6, 6.07) is 9.14. The molecule has 1 atom stereocenters. The Morgan fingerprint density at radius 1 is 1.03 bits per heavy atom. The molecule has 9 nitrogen and oxygen atoms in total. The molecule has 0 radical (unpaired) electrons. The molecule has 1 heterocycles. The van der Waals surface area contributed by atoms with Crippen LogP contribution in [-0.2, 0) is 9.53 Å². The first-order chi connectivity index (χ1) is 16.5. The Kier molecular flexibility index (Phi) is 9.06. The highest BCUT2D eigenvalue weighted by Crippen LogP contribution is 2.38. The van der Waals surface area contributed by atoms with Gasteiger partial charge in [-0.25, -0.2) is 4.39 Å². The number of hydrogen-bond donors (Lipinski definition) is 2. The largest absolute Gasteiger partial charge is 0.493 e. The highest BCUT2D eigenvalue weighted by Gasteiger charge is 2.24. The second-order valence-corrected chi connectivity index (χ2v) is 7.62. The first-order valence-electron chi connectivity index (χ1n) is 10.9. The maximum atomic E-state index is 13.8. The minimum atomic E-state index is -0.468. The molecule has 2 N–H and O–H groups in total. The summed E-state index contributed by atoms with van der Waals surface area (Å²) in [5.41, 5.74) is 1.02. The molecule has 2 amide bonds. The number of hydrogen-bond acceptors (Lipinski definition) is 7. The zero-order valence-corrected chi connectivity index (χ0v) is 19.6.